The molecule has 0 aliphatic carbocycles. The number of halogens is 3. The van der Waals surface area contributed by atoms with Gasteiger partial charge in [-0.1, -0.05) is 23.7 Å². The third kappa shape index (κ3) is 3.49. The molecule has 2 N–H and O–H groups in total. The molecule has 0 aliphatic heterocycles. The molecule has 2 aromatic rings. The molecular formula is C14H11BrClFN2O. The van der Waals surface area contributed by atoms with E-state index < -0.39 is 11.8 Å². The third-order valence-electron chi connectivity index (χ3n) is 2.64. The molecule has 2 aromatic carbocycles. The van der Waals surface area contributed by atoms with Crippen LogP contribution in [0.2, 0.25) is 5.02 Å². The fourth-order valence-corrected chi connectivity index (χ4v) is 2.26. The molecule has 0 saturated heterocycles. The normalized spacial score (nSPS) is 10.2. The summed E-state index contributed by atoms with van der Waals surface area (Å²) in [6.07, 6.45) is 0. The Morgan fingerprint density at radius 2 is 1.85 bits per heavy atom. The predicted molar refractivity (Wildman–Crippen MR) is 82.9 cm³/mol. The van der Waals surface area contributed by atoms with Gasteiger partial charge in [-0.15, -0.1) is 0 Å². The summed E-state index contributed by atoms with van der Waals surface area (Å²) in [6, 6.07) is 9.24. The highest BCUT2D eigenvalue weighted by Gasteiger charge is 2.09. The molecule has 0 atom stereocenters. The SMILES string of the molecule is Cc1cc(Br)c(F)cc1NC(=O)Nc1ccccc1Cl. The summed E-state index contributed by atoms with van der Waals surface area (Å²) in [4.78, 5) is 11.9. The summed E-state index contributed by atoms with van der Waals surface area (Å²) in [6.45, 7) is 1.77. The van der Waals surface area contributed by atoms with Crippen molar-refractivity contribution in [2.24, 2.45) is 0 Å². The first-order valence-electron chi connectivity index (χ1n) is 5.75. The number of aryl methyl sites for hydroxylation is 1. The number of hydrogen-bond donors (Lipinski definition) is 2. The van der Waals surface area contributed by atoms with Gasteiger partial charge in [-0.2, -0.15) is 0 Å². The largest absolute Gasteiger partial charge is 0.323 e. The number of anilines is 2. The van der Waals surface area contributed by atoms with Gasteiger partial charge in [-0.3, -0.25) is 0 Å². The summed E-state index contributed by atoms with van der Waals surface area (Å²) >= 11 is 9.03. The van der Waals surface area contributed by atoms with E-state index in [-0.39, 0.29) is 0 Å². The van der Waals surface area contributed by atoms with Crippen LogP contribution in [0.5, 0.6) is 0 Å². The maximum atomic E-state index is 13.5. The minimum atomic E-state index is -0.483. The Bertz CT molecular complexity index is 664. The van der Waals surface area contributed by atoms with Crippen molar-refractivity contribution < 1.29 is 9.18 Å². The van der Waals surface area contributed by atoms with Gasteiger partial charge in [0.2, 0.25) is 0 Å². The highest BCUT2D eigenvalue weighted by Crippen LogP contribution is 2.25. The van der Waals surface area contributed by atoms with Crippen molar-refractivity contribution in [2.75, 3.05) is 10.6 Å². The Kier molecular flexibility index (Phi) is 4.62. The van der Waals surface area contributed by atoms with E-state index in [2.05, 4.69) is 26.6 Å². The second-order valence-corrected chi connectivity index (χ2v) is 5.40. The summed E-state index contributed by atoms with van der Waals surface area (Å²) in [5, 5.41) is 5.62. The number of carbonyl (C=O) groups excluding carboxylic acids is 1. The van der Waals surface area contributed by atoms with Crippen molar-refractivity contribution >= 4 is 44.9 Å². The van der Waals surface area contributed by atoms with Crippen LogP contribution < -0.4 is 10.6 Å². The van der Waals surface area contributed by atoms with Crippen molar-refractivity contribution in [3.63, 3.8) is 0 Å². The topological polar surface area (TPSA) is 41.1 Å². The van der Waals surface area contributed by atoms with Crippen LogP contribution in [0.25, 0.3) is 0 Å². The van der Waals surface area contributed by atoms with E-state index in [0.717, 1.165) is 5.56 Å². The van der Waals surface area contributed by atoms with E-state index in [9.17, 15) is 9.18 Å². The van der Waals surface area contributed by atoms with Gasteiger partial charge in [0.1, 0.15) is 5.82 Å². The van der Waals surface area contributed by atoms with Crippen molar-refractivity contribution in [1.82, 2.24) is 0 Å². The van der Waals surface area contributed by atoms with Gasteiger partial charge in [0.15, 0.2) is 0 Å². The molecule has 0 saturated carbocycles. The van der Waals surface area contributed by atoms with Crippen molar-refractivity contribution in [1.29, 1.82) is 0 Å². The van der Waals surface area contributed by atoms with Crippen LogP contribution in [0.15, 0.2) is 40.9 Å². The van der Waals surface area contributed by atoms with Gasteiger partial charge in [-0.25, -0.2) is 9.18 Å². The predicted octanol–water partition coefficient (Wildman–Crippen LogP) is 5.19. The zero-order chi connectivity index (χ0) is 14.7. The van der Waals surface area contributed by atoms with Crippen molar-refractivity contribution in [2.45, 2.75) is 6.92 Å². The van der Waals surface area contributed by atoms with E-state index >= 15 is 0 Å². The molecule has 2 rings (SSSR count). The standard InChI is InChI=1S/C14H11BrClFN2O/c1-8-6-9(15)11(17)7-13(8)19-14(20)18-12-5-3-2-4-10(12)16/h2-7H,1H3,(H2,18,19,20). The molecule has 0 spiro atoms. The van der Waals surface area contributed by atoms with Gasteiger partial charge >= 0.3 is 6.03 Å². The lowest BCUT2D eigenvalue weighted by Gasteiger charge is -2.11. The first-order valence-corrected chi connectivity index (χ1v) is 6.92. The lowest BCUT2D eigenvalue weighted by molar-refractivity contribution is 0.262. The number of para-hydroxylation sites is 1. The second-order valence-electron chi connectivity index (χ2n) is 4.14. The smallest absolute Gasteiger partial charge is 0.307 e. The molecule has 0 unspecified atom stereocenters. The Labute approximate surface area is 129 Å². The number of benzene rings is 2. The van der Waals surface area contributed by atoms with E-state index in [4.69, 9.17) is 11.6 Å². The summed E-state index contributed by atoms with van der Waals surface area (Å²) in [7, 11) is 0. The fraction of sp³-hybridized carbons (Fsp3) is 0.0714. The molecule has 2 amide bonds. The van der Waals surface area contributed by atoms with Gasteiger partial charge < -0.3 is 10.6 Å². The van der Waals surface area contributed by atoms with E-state index in [0.29, 0.717) is 20.9 Å². The summed E-state index contributed by atoms with van der Waals surface area (Å²) in [5.41, 5.74) is 1.63. The molecule has 0 radical (unpaired) electrons. The molecule has 3 nitrogen and oxygen atoms in total. The number of nitrogens with one attached hydrogen (secondary N) is 2. The highest BCUT2D eigenvalue weighted by molar-refractivity contribution is 9.10. The molecule has 0 heterocycles. The Balaban J connectivity index is 2.13. The Morgan fingerprint density at radius 1 is 1.20 bits per heavy atom. The van der Waals surface area contributed by atoms with Crippen molar-refractivity contribution in [3.05, 3.63) is 57.3 Å². The lowest BCUT2D eigenvalue weighted by Crippen LogP contribution is -2.20. The highest BCUT2D eigenvalue weighted by atomic mass is 79.9. The number of hydrogen-bond acceptors (Lipinski definition) is 1. The van der Waals surface area contributed by atoms with Crippen LogP contribution in [0.1, 0.15) is 5.56 Å². The monoisotopic (exact) mass is 356 g/mol. The first-order chi connectivity index (χ1) is 9.47. The van der Waals surface area contributed by atoms with Crippen LogP contribution in [0.4, 0.5) is 20.6 Å². The average molecular weight is 358 g/mol. The molecule has 20 heavy (non-hydrogen) atoms. The second kappa shape index (κ2) is 6.24. The Hall–Kier alpha value is -1.59. The summed E-state index contributed by atoms with van der Waals surface area (Å²) in [5.74, 6) is -0.441. The van der Waals surface area contributed by atoms with Gasteiger partial charge in [0.25, 0.3) is 0 Å². The van der Waals surface area contributed by atoms with E-state index in [1.807, 2.05) is 0 Å². The number of amides is 2. The molecule has 0 fully saturated rings. The number of rotatable bonds is 2. The van der Waals surface area contributed by atoms with Gasteiger partial charge in [0, 0.05) is 5.69 Å². The fourth-order valence-electron chi connectivity index (χ4n) is 1.62. The average Bonchev–Trinajstić information content (AvgIpc) is 2.39. The number of carbonyl (C=O) groups is 1. The van der Waals surface area contributed by atoms with Crippen LogP contribution in [0, 0.1) is 12.7 Å². The van der Waals surface area contributed by atoms with E-state index in [1.165, 1.54) is 6.07 Å². The van der Waals surface area contributed by atoms with Gasteiger partial charge in [0.05, 0.1) is 15.2 Å². The minimum Gasteiger partial charge on any atom is -0.307 e. The molecular weight excluding hydrogens is 347 g/mol. The molecule has 0 aromatic heterocycles. The maximum absolute atomic E-state index is 13.5. The van der Waals surface area contributed by atoms with E-state index in [1.54, 1.807) is 37.3 Å². The molecule has 6 heteroatoms. The van der Waals surface area contributed by atoms with Crippen LogP contribution >= 0.6 is 27.5 Å². The Morgan fingerprint density at radius 3 is 2.55 bits per heavy atom. The van der Waals surface area contributed by atoms with Crippen LogP contribution in [-0.2, 0) is 0 Å². The molecule has 0 aliphatic rings. The zero-order valence-electron chi connectivity index (χ0n) is 10.5. The van der Waals surface area contributed by atoms with Crippen molar-refractivity contribution in [3.8, 4) is 0 Å². The quantitative estimate of drug-likeness (QED) is 0.762. The lowest BCUT2D eigenvalue weighted by atomic mass is 10.2. The molecule has 0 bridgehead atoms. The number of urea groups is 1. The maximum Gasteiger partial charge on any atom is 0.323 e. The third-order valence-corrected chi connectivity index (χ3v) is 3.57. The zero-order valence-corrected chi connectivity index (χ0v) is 12.8. The minimum absolute atomic E-state index is 0.354. The van der Waals surface area contributed by atoms with Crippen LogP contribution in [-0.4, -0.2) is 6.03 Å². The van der Waals surface area contributed by atoms with Gasteiger partial charge in [-0.05, 0) is 52.7 Å². The molecule has 104 valence electrons. The van der Waals surface area contributed by atoms with Crippen LogP contribution in [0.3, 0.4) is 0 Å². The summed E-state index contributed by atoms with van der Waals surface area (Å²) < 4.78 is 13.8. The first kappa shape index (κ1) is 14.8.